The van der Waals surface area contributed by atoms with Crippen LogP contribution in [0.4, 0.5) is 0 Å². The zero-order chi connectivity index (χ0) is 29.3. The van der Waals surface area contributed by atoms with Gasteiger partial charge in [0.05, 0.1) is 0 Å². The van der Waals surface area contributed by atoms with Crippen LogP contribution in [-0.4, -0.2) is 79.3 Å². The number of unbranched alkanes of at least 4 members (excludes halogenated alkanes) is 6. The quantitative estimate of drug-likeness (QED) is 0.0314. The Morgan fingerprint density at radius 2 is 1.18 bits per heavy atom. The normalized spacial score (nSPS) is 10.6. The first-order valence-corrected chi connectivity index (χ1v) is 14.4. The van der Waals surface area contributed by atoms with Gasteiger partial charge in [-0.25, -0.2) is 10.9 Å². The molecular formula is C28H55N7O4. The minimum absolute atomic E-state index is 0.0659. The van der Waals surface area contributed by atoms with E-state index in [1.54, 1.807) is 0 Å². The van der Waals surface area contributed by atoms with Gasteiger partial charge in [0.2, 0.25) is 17.7 Å². The van der Waals surface area contributed by atoms with Crippen LogP contribution in [0.5, 0.6) is 0 Å². The number of hydrazine groups is 1. The highest BCUT2D eigenvalue weighted by Crippen LogP contribution is 2.05. The van der Waals surface area contributed by atoms with Gasteiger partial charge < -0.3 is 21.3 Å². The van der Waals surface area contributed by atoms with Crippen LogP contribution in [0.3, 0.4) is 0 Å². The van der Waals surface area contributed by atoms with Gasteiger partial charge in [0.15, 0.2) is 0 Å². The lowest BCUT2D eigenvalue weighted by atomic mass is 10.2. The van der Waals surface area contributed by atoms with Crippen molar-refractivity contribution in [3.05, 3.63) is 24.6 Å². The number of amides is 3. The van der Waals surface area contributed by atoms with Crippen molar-refractivity contribution in [2.24, 2.45) is 5.84 Å². The second-order valence-corrected chi connectivity index (χ2v) is 9.93. The summed E-state index contributed by atoms with van der Waals surface area (Å²) >= 11 is 0. The molecule has 0 saturated carbocycles. The molecule has 0 aromatic rings. The fourth-order valence-corrected chi connectivity index (χ4v) is 3.72. The van der Waals surface area contributed by atoms with Gasteiger partial charge in [-0.2, -0.15) is 0 Å². The van der Waals surface area contributed by atoms with E-state index in [4.69, 9.17) is 5.84 Å². The van der Waals surface area contributed by atoms with Crippen molar-refractivity contribution in [3.8, 4) is 0 Å². The van der Waals surface area contributed by atoms with Crippen LogP contribution in [0.2, 0.25) is 0 Å². The summed E-state index contributed by atoms with van der Waals surface area (Å²) in [5.41, 5.74) is 1.67. The second kappa shape index (κ2) is 24.4. The topological polar surface area (TPSA) is 152 Å². The van der Waals surface area contributed by atoms with E-state index < -0.39 is 0 Å². The molecule has 11 nitrogen and oxygen atoms in total. The molecule has 0 atom stereocenters. The molecule has 0 saturated heterocycles. The Kier molecular flexibility index (Phi) is 22.8. The molecule has 0 fully saturated rings. The number of nitrogens with two attached hydrogens (primary N) is 1. The summed E-state index contributed by atoms with van der Waals surface area (Å²) in [6, 6.07) is 0. The van der Waals surface area contributed by atoms with E-state index in [0.29, 0.717) is 38.8 Å². The number of rotatable bonds is 26. The maximum Gasteiger partial charge on any atom is 0.242 e. The molecule has 0 aliphatic rings. The lowest BCUT2D eigenvalue weighted by molar-refractivity contribution is -0.162. The molecule has 3 amide bonds. The number of allylic oxidation sites excluding steroid dienone is 2. The SMILES string of the molecule is C=C(CCC(=O)NCCCCCNC)NCCCCCN(N)C(=O)CCC(=C)NCCCCCN(O)C(C)=O. The van der Waals surface area contributed by atoms with E-state index in [1.807, 2.05) is 7.05 Å². The van der Waals surface area contributed by atoms with Gasteiger partial charge in [-0.3, -0.25) is 24.6 Å². The van der Waals surface area contributed by atoms with Crippen LogP contribution in [0.1, 0.15) is 90.4 Å². The summed E-state index contributed by atoms with van der Waals surface area (Å²) in [7, 11) is 1.94. The van der Waals surface area contributed by atoms with Gasteiger partial charge in [-0.1, -0.05) is 19.6 Å². The third-order valence-corrected chi connectivity index (χ3v) is 6.28. The van der Waals surface area contributed by atoms with Gasteiger partial charge in [-0.15, -0.1) is 0 Å². The summed E-state index contributed by atoms with van der Waals surface area (Å²) in [4.78, 5) is 35.1. The molecule has 0 bridgehead atoms. The molecule has 226 valence electrons. The third kappa shape index (κ3) is 23.0. The van der Waals surface area contributed by atoms with Crippen LogP contribution >= 0.6 is 0 Å². The molecule has 0 rings (SSSR count). The smallest absolute Gasteiger partial charge is 0.242 e. The van der Waals surface area contributed by atoms with Gasteiger partial charge >= 0.3 is 0 Å². The minimum atomic E-state index is -0.352. The van der Waals surface area contributed by atoms with Crippen molar-refractivity contribution in [2.45, 2.75) is 90.4 Å². The van der Waals surface area contributed by atoms with Crippen molar-refractivity contribution >= 4 is 17.7 Å². The Morgan fingerprint density at radius 1 is 0.692 bits per heavy atom. The standard InChI is InChI=1S/C28H55N7O4/c1-24(14-16-27(37)33-21-9-5-8-18-30-4)31-19-10-6-12-22-34(29)28(38)17-15-25(2)32-20-11-7-13-23-35(39)26(3)36/h30-32,39H,1-2,5-23,29H2,3-4H3,(H,33,37). The molecule has 11 heteroatoms. The van der Waals surface area contributed by atoms with E-state index in [2.05, 4.69) is 34.4 Å². The van der Waals surface area contributed by atoms with Gasteiger partial charge in [-0.05, 0) is 77.8 Å². The average Bonchev–Trinajstić information content (AvgIpc) is 2.91. The van der Waals surface area contributed by atoms with E-state index in [-0.39, 0.29) is 17.7 Å². The monoisotopic (exact) mass is 553 g/mol. The van der Waals surface area contributed by atoms with Crippen molar-refractivity contribution in [1.82, 2.24) is 31.3 Å². The number of hydrogen-bond donors (Lipinski definition) is 6. The zero-order valence-corrected chi connectivity index (χ0v) is 24.5. The largest absolute Gasteiger partial charge is 0.389 e. The molecule has 7 N–H and O–H groups in total. The second-order valence-electron chi connectivity index (χ2n) is 9.93. The van der Waals surface area contributed by atoms with Crippen LogP contribution in [0.25, 0.3) is 0 Å². The van der Waals surface area contributed by atoms with E-state index in [9.17, 15) is 19.6 Å². The van der Waals surface area contributed by atoms with Crippen LogP contribution in [-0.2, 0) is 14.4 Å². The minimum Gasteiger partial charge on any atom is -0.389 e. The first-order valence-electron chi connectivity index (χ1n) is 14.4. The highest BCUT2D eigenvalue weighted by Gasteiger charge is 2.10. The molecule has 0 spiro atoms. The van der Waals surface area contributed by atoms with Crippen molar-refractivity contribution in [3.63, 3.8) is 0 Å². The summed E-state index contributed by atoms with van der Waals surface area (Å²) < 4.78 is 0. The van der Waals surface area contributed by atoms with Crippen molar-refractivity contribution in [1.29, 1.82) is 0 Å². The van der Waals surface area contributed by atoms with Crippen LogP contribution in [0, 0.1) is 0 Å². The van der Waals surface area contributed by atoms with E-state index in [1.165, 1.54) is 11.9 Å². The van der Waals surface area contributed by atoms with E-state index in [0.717, 1.165) is 100 Å². The molecular weight excluding hydrogens is 498 g/mol. The Bertz CT molecular complexity index is 718. The molecule has 39 heavy (non-hydrogen) atoms. The lowest BCUT2D eigenvalue weighted by Gasteiger charge is -2.17. The number of nitrogens with zero attached hydrogens (tertiary/aromatic N) is 2. The Hall–Kier alpha value is -2.63. The highest BCUT2D eigenvalue weighted by atomic mass is 16.5. The molecule has 0 aliphatic carbocycles. The predicted octanol–water partition coefficient (Wildman–Crippen LogP) is 2.54. The van der Waals surface area contributed by atoms with Crippen LogP contribution in [0.15, 0.2) is 24.6 Å². The maximum atomic E-state index is 12.3. The number of nitrogens with one attached hydrogen (secondary N) is 4. The highest BCUT2D eigenvalue weighted by molar-refractivity contribution is 5.76. The summed E-state index contributed by atoms with van der Waals surface area (Å²) in [6.07, 6.45) is 10.3. The van der Waals surface area contributed by atoms with Crippen LogP contribution < -0.4 is 27.1 Å². The molecule has 0 aromatic heterocycles. The fourth-order valence-electron chi connectivity index (χ4n) is 3.72. The zero-order valence-electron chi connectivity index (χ0n) is 24.5. The molecule has 0 radical (unpaired) electrons. The van der Waals surface area contributed by atoms with E-state index >= 15 is 0 Å². The fraction of sp³-hybridized carbons (Fsp3) is 0.750. The molecule has 0 aromatic carbocycles. The average molecular weight is 554 g/mol. The number of hydroxylamine groups is 2. The Morgan fingerprint density at radius 3 is 1.74 bits per heavy atom. The Balaban J connectivity index is 3.67. The van der Waals surface area contributed by atoms with Gasteiger partial charge in [0.25, 0.3) is 0 Å². The summed E-state index contributed by atoms with van der Waals surface area (Å²) in [5.74, 6) is 5.52. The van der Waals surface area contributed by atoms with Crippen molar-refractivity contribution < 1.29 is 19.6 Å². The number of hydrogen-bond acceptors (Lipinski definition) is 8. The number of carbonyl (C=O) groups is 3. The van der Waals surface area contributed by atoms with Gasteiger partial charge in [0.1, 0.15) is 0 Å². The lowest BCUT2D eigenvalue weighted by Crippen LogP contribution is -2.38. The van der Waals surface area contributed by atoms with Gasteiger partial charge in [0, 0.05) is 63.9 Å². The number of carbonyl (C=O) groups excluding carboxylic acids is 3. The Labute approximate surface area is 235 Å². The maximum absolute atomic E-state index is 12.3. The first-order chi connectivity index (χ1) is 18.7. The molecule has 0 heterocycles. The molecule has 0 aliphatic heterocycles. The first kappa shape index (κ1) is 36.4. The predicted molar refractivity (Wildman–Crippen MR) is 156 cm³/mol. The van der Waals surface area contributed by atoms with Crippen molar-refractivity contribution in [2.75, 3.05) is 46.3 Å². The third-order valence-electron chi connectivity index (χ3n) is 6.28. The summed E-state index contributed by atoms with van der Waals surface area (Å²) in [5, 5.41) is 23.9. The summed E-state index contributed by atoms with van der Waals surface area (Å²) in [6.45, 7) is 13.4. The molecule has 0 unspecified atom stereocenters.